The summed E-state index contributed by atoms with van der Waals surface area (Å²) in [7, 11) is 1.52. The minimum atomic E-state index is -1.08. The molecule has 32 heavy (non-hydrogen) atoms. The van der Waals surface area contributed by atoms with Gasteiger partial charge in [0.2, 0.25) is 0 Å². The molecule has 1 aliphatic rings. The predicted molar refractivity (Wildman–Crippen MR) is 118 cm³/mol. The lowest BCUT2D eigenvalue weighted by molar-refractivity contribution is -0.384. The molecule has 1 amide bonds. The third-order valence-corrected chi connectivity index (χ3v) is 5.91. The van der Waals surface area contributed by atoms with Crippen molar-refractivity contribution in [1.82, 2.24) is 4.98 Å². The van der Waals surface area contributed by atoms with Crippen molar-refractivity contribution in [2.24, 2.45) is 0 Å². The van der Waals surface area contributed by atoms with Gasteiger partial charge in [-0.05, 0) is 36.2 Å². The van der Waals surface area contributed by atoms with Crippen LogP contribution >= 0.6 is 11.3 Å². The topological polar surface area (TPSA) is 123 Å². The number of carbonyl (C=O) groups is 2. The van der Waals surface area contributed by atoms with Crippen LogP contribution in [-0.4, -0.2) is 33.8 Å². The van der Waals surface area contributed by atoms with Crippen molar-refractivity contribution in [2.45, 2.75) is 13.0 Å². The molecule has 0 radical (unpaired) electrons. The molecule has 1 N–H and O–H groups in total. The number of aliphatic hydroxyl groups is 1. The Hall–Kier alpha value is -4.05. The van der Waals surface area contributed by atoms with E-state index in [1.165, 1.54) is 31.5 Å². The van der Waals surface area contributed by atoms with Gasteiger partial charge in [-0.1, -0.05) is 12.1 Å². The molecular weight excluding hydrogens is 434 g/mol. The summed E-state index contributed by atoms with van der Waals surface area (Å²) in [4.78, 5) is 42.1. The molecule has 10 heteroatoms. The molecule has 1 saturated heterocycles. The molecular formula is C22H17N3O6S. The minimum absolute atomic E-state index is 0.171. The van der Waals surface area contributed by atoms with Gasteiger partial charge in [0.1, 0.15) is 11.5 Å². The van der Waals surface area contributed by atoms with Gasteiger partial charge in [0, 0.05) is 29.3 Å². The van der Waals surface area contributed by atoms with Crippen LogP contribution < -0.4 is 9.64 Å². The number of benzene rings is 2. The molecule has 162 valence electrons. The van der Waals surface area contributed by atoms with Gasteiger partial charge in [-0.3, -0.25) is 24.6 Å². The van der Waals surface area contributed by atoms with Crippen molar-refractivity contribution in [1.29, 1.82) is 0 Å². The summed E-state index contributed by atoms with van der Waals surface area (Å²) in [5, 5.41) is 24.3. The van der Waals surface area contributed by atoms with E-state index in [2.05, 4.69) is 4.98 Å². The molecule has 3 aromatic rings. The summed E-state index contributed by atoms with van der Waals surface area (Å²) in [6.07, 6.45) is 1.48. The van der Waals surface area contributed by atoms with Crippen molar-refractivity contribution >= 4 is 39.6 Å². The number of rotatable bonds is 5. The van der Waals surface area contributed by atoms with E-state index in [9.17, 15) is 24.8 Å². The smallest absolute Gasteiger partial charge is 0.301 e. The Balaban J connectivity index is 1.95. The van der Waals surface area contributed by atoms with E-state index >= 15 is 0 Å². The molecule has 0 saturated carbocycles. The predicted octanol–water partition coefficient (Wildman–Crippen LogP) is 3.99. The number of methoxy groups -OCH3 is 1. The van der Waals surface area contributed by atoms with Gasteiger partial charge in [-0.15, -0.1) is 11.3 Å². The first kappa shape index (κ1) is 21.2. The number of hydrogen-bond acceptors (Lipinski definition) is 8. The van der Waals surface area contributed by atoms with E-state index in [4.69, 9.17) is 4.74 Å². The monoisotopic (exact) mass is 451 g/mol. The van der Waals surface area contributed by atoms with Gasteiger partial charge < -0.3 is 9.84 Å². The molecule has 1 aromatic heterocycles. The number of anilines is 1. The average molecular weight is 451 g/mol. The Bertz CT molecular complexity index is 1270. The van der Waals surface area contributed by atoms with E-state index in [1.807, 2.05) is 0 Å². The third-order valence-electron chi connectivity index (χ3n) is 5.13. The molecule has 0 aliphatic carbocycles. The van der Waals surface area contributed by atoms with Gasteiger partial charge >= 0.3 is 5.91 Å². The summed E-state index contributed by atoms with van der Waals surface area (Å²) in [6.45, 7) is 1.78. The van der Waals surface area contributed by atoms with Gasteiger partial charge in [-0.2, -0.15) is 0 Å². The van der Waals surface area contributed by atoms with Crippen molar-refractivity contribution in [3.8, 4) is 5.75 Å². The van der Waals surface area contributed by atoms with Gasteiger partial charge in [0.25, 0.3) is 11.5 Å². The average Bonchev–Trinajstić information content (AvgIpc) is 3.40. The fourth-order valence-electron chi connectivity index (χ4n) is 3.67. The van der Waals surface area contributed by atoms with Crippen LogP contribution in [0.25, 0.3) is 5.76 Å². The number of aryl methyl sites for hydroxylation is 1. The molecule has 1 aliphatic heterocycles. The molecule has 0 spiro atoms. The van der Waals surface area contributed by atoms with Crippen LogP contribution in [0.2, 0.25) is 0 Å². The summed E-state index contributed by atoms with van der Waals surface area (Å²) >= 11 is 1.14. The number of non-ortho nitro benzene ring substituents is 1. The maximum Gasteiger partial charge on any atom is 0.301 e. The second-order valence-electron chi connectivity index (χ2n) is 7.02. The molecule has 0 bridgehead atoms. The zero-order valence-electron chi connectivity index (χ0n) is 17.0. The number of hydrogen-bond donors (Lipinski definition) is 1. The number of nitro groups is 1. The zero-order chi connectivity index (χ0) is 23.0. The highest BCUT2D eigenvalue weighted by molar-refractivity contribution is 7.14. The van der Waals surface area contributed by atoms with Crippen LogP contribution in [0.15, 0.2) is 59.6 Å². The molecule has 0 unspecified atom stereocenters. The summed E-state index contributed by atoms with van der Waals surface area (Å²) in [5.74, 6) is -1.56. The third kappa shape index (κ3) is 3.50. The molecule has 2 heterocycles. The Morgan fingerprint density at radius 1 is 1.25 bits per heavy atom. The number of amides is 1. The highest BCUT2D eigenvalue weighted by Gasteiger charge is 2.48. The summed E-state index contributed by atoms with van der Waals surface area (Å²) in [6, 6.07) is 9.39. The van der Waals surface area contributed by atoms with Gasteiger partial charge in [-0.25, -0.2) is 4.98 Å². The van der Waals surface area contributed by atoms with E-state index in [1.54, 1.807) is 36.6 Å². The Morgan fingerprint density at radius 3 is 2.66 bits per heavy atom. The van der Waals surface area contributed by atoms with Crippen molar-refractivity contribution in [2.75, 3.05) is 12.0 Å². The summed E-state index contributed by atoms with van der Waals surface area (Å²) in [5.41, 5.74) is 0.969. The quantitative estimate of drug-likeness (QED) is 0.204. The Labute approximate surface area is 186 Å². The zero-order valence-corrected chi connectivity index (χ0v) is 17.8. The molecule has 1 atom stereocenters. The first-order chi connectivity index (χ1) is 15.3. The SMILES string of the molecule is COc1ccc(/C(O)=C2\C(=O)C(=O)N(c3nccs3)[C@@H]2c2cccc([N+](=O)[O-])c2)cc1C. The Morgan fingerprint density at radius 2 is 2.03 bits per heavy atom. The van der Waals surface area contributed by atoms with Crippen LogP contribution in [0.4, 0.5) is 10.8 Å². The number of aliphatic hydroxyl groups excluding tert-OH is 1. The number of ether oxygens (including phenoxy) is 1. The number of nitrogens with zero attached hydrogens (tertiary/aromatic N) is 3. The number of aromatic nitrogens is 1. The van der Waals surface area contributed by atoms with Crippen molar-refractivity contribution < 1.29 is 24.4 Å². The van der Waals surface area contributed by atoms with Gasteiger partial charge in [0.05, 0.1) is 23.6 Å². The fraction of sp³-hybridized carbons (Fsp3) is 0.136. The Kier molecular flexibility index (Phi) is 5.45. The number of carbonyl (C=O) groups excluding carboxylic acids is 2. The van der Waals surface area contributed by atoms with Crippen LogP contribution in [-0.2, 0) is 9.59 Å². The highest BCUT2D eigenvalue weighted by Crippen LogP contribution is 2.43. The first-order valence-electron chi connectivity index (χ1n) is 9.43. The van der Waals surface area contributed by atoms with Crippen molar-refractivity contribution in [3.63, 3.8) is 0 Å². The second kappa shape index (κ2) is 8.23. The van der Waals surface area contributed by atoms with Crippen LogP contribution in [0.1, 0.15) is 22.7 Å². The second-order valence-corrected chi connectivity index (χ2v) is 7.89. The maximum atomic E-state index is 13.0. The lowest BCUT2D eigenvalue weighted by Crippen LogP contribution is -2.29. The van der Waals surface area contributed by atoms with Crippen LogP contribution in [0.3, 0.4) is 0 Å². The van der Waals surface area contributed by atoms with E-state index in [0.29, 0.717) is 16.9 Å². The highest BCUT2D eigenvalue weighted by atomic mass is 32.1. The van der Waals surface area contributed by atoms with Crippen LogP contribution in [0.5, 0.6) is 5.75 Å². The van der Waals surface area contributed by atoms with E-state index < -0.39 is 22.7 Å². The van der Waals surface area contributed by atoms with E-state index in [0.717, 1.165) is 21.8 Å². The first-order valence-corrected chi connectivity index (χ1v) is 10.3. The van der Waals surface area contributed by atoms with Gasteiger partial charge in [0.15, 0.2) is 5.13 Å². The number of thiazole rings is 1. The molecule has 1 fully saturated rings. The molecule has 2 aromatic carbocycles. The number of ketones is 1. The van der Waals surface area contributed by atoms with Crippen LogP contribution in [0, 0.1) is 17.0 Å². The maximum absolute atomic E-state index is 13.0. The largest absolute Gasteiger partial charge is 0.507 e. The number of Topliss-reactive ketones (excluding diaryl/α,β-unsaturated/α-hetero) is 1. The molecule has 4 rings (SSSR count). The normalized spacial score (nSPS) is 17.6. The molecule has 9 nitrogen and oxygen atoms in total. The number of nitro benzene ring substituents is 1. The fourth-order valence-corrected chi connectivity index (χ4v) is 4.34. The standard InChI is InChI=1S/C22H17N3O6S/c1-12-10-14(6-7-16(12)31-2)19(26)17-18(13-4-3-5-15(11-13)25(29)30)24(21(28)20(17)27)22-23-8-9-32-22/h3-11,18,26H,1-2H3/b19-17+/t18-/m1/s1. The van der Waals surface area contributed by atoms with Crippen molar-refractivity contribution in [3.05, 3.63) is 86.4 Å². The lowest BCUT2D eigenvalue weighted by Gasteiger charge is -2.22. The summed E-state index contributed by atoms with van der Waals surface area (Å²) < 4.78 is 5.24. The van der Waals surface area contributed by atoms with E-state index in [-0.39, 0.29) is 22.2 Å². The minimum Gasteiger partial charge on any atom is -0.507 e. The lowest BCUT2D eigenvalue weighted by atomic mass is 9.94.